The van der Waals surface area contributed by atoms with Gasteiger partial charge in [-0.15, -0.1) is 0 Å². The van der Waals surface area contributed by atoms with Gasteiger partial charge in [0.25, 0.3) is 0 Å². The van der Waals surface area contributed by atoms with Crippen LogP contribution in [-0.2, 0) is 4.79 Å². The minimum absolute atomic E-state index is 0.0507. The Balaban J connectivity index is 2.24. The number of carbonyl (C=O) groups excluding carboxylic acids is 1. The molecule has 92 valence electrons. The van der Waals surface area contributed by atoms with Crippen LogP contribution in [0.4, 0.5) is 10.1 Å². The summed E-state index contributed by atoms with van der Waals surface area (Å²) in [6, 6.07) is 3.45. The van der Waals surface area contributed by atoms with Gasteiger partial charge in [0.1, 0.15) is 11.9 Å². The molecule has 0 aromatic heterocycles. The fraction of sp³-hybridized carbons (Fsp3) is 0.417. The van der Waals surface area contributed by atoms with Gasteiger partial charge >= 0.3 is 0 Å². The second-order valence-corrected chi connectivity index (χ2v) is 4.11. The van der Waals surface area contributed by atoms with Crippen LogP contribution in [0.1, 0.15) is 24.9 Å². The fourth-order valence-corrected chi connectivity index (χ4v) is 1.93. The number of amides is 1. The first-order valence-corrected chi connectivity index (χ1v) is 5.63. The zero-order valence-electron chi connectivity index (χ0n) is 9.53. The zero-order valence-corrected chi connectivity index (χ0v) is 9.53. The molecule has 1 heterocycles. The van der Waals surface area contributed by atoms with Gasteiger partial charge in [0.05, 0.1) is 6.61 Å². The third-order valence-corrected chi connectivity index (χ3v) is 2.96. The molecule has 0 aliphatic carbocycles. The van der Waals surface area contributed by atoms with E-state index in [0.29, 0.717) is 17.7 Å². The van der Waals surface area contributed by atoms with Crippen LogP contribution < -0.4 is 10.6 Å². The van der Waals surface area contributed by atoms with E-state index in [4.69, 9.17) is 5.11 Å². The smallest absolute Gasteiger partial charge is 0.246 e. The first kappa shape index (κ1) is 12.0. The topological polar surface area (TPSA) is 61.4 Å². The van der Waals surface area contributed by atoms with Gasteiger partial charge in [-0.3, -0.25) is 10.1 Å². The van der Waals surface area contributed by atoms with Crippen LogP contribution in [0.25, 0.3) is 0 Å². The lowest BCUT2D eigenvalue weighted by atomic mass is 10.1. The van der Waals surface area contributed by atoms with Crippen molar-refractivity contribution in [1.29, 1.82) is 0 Å². The third-order valence-electron chi connectivity index (χ3n) is 2.96. The van der Waals surface area contributed by atoms with E-state index >= 15 is 0 Å². The summed E-state index contributed by atoms with van der Waals surface area (Å²) in [6.45, 7) is 1.86. The van der Waals surface area contributed by atoms with E-state index in [0.717, 1.165) is 0 Å². The van der Waals surface area contributed by atoms with Gasteiger partial charge in [0.2, 0.25) is 5.91 Å². The van der Waals surface area contributed by atoms with Crippen LogP contribution in [0.5, 0.6) is 0 Å². The van der Waals surface area contributed by atoms with E-state index in [-0.39, 0.29) is 24.4 Å². The number of fused-ring (bicyclic) bond motifs is 1. The van der Waals surface area contributed by atoms with E-state index in [1.807, 2.05) is 6.92 Å². The minimum atomic E-state index is -0.585. The van der Waals surface area contributed by atoms with Crippen molar-refractivity contribution in [3.63, 3.8) is 0 Å². The number of hydrogen-bond acceptors (Lipinski definition) is 3. The predicted octanol–water partition coefficient (Wildman–Crippen LogP) is 1.18. The van der Waals surface area contributed by atoms with E-state index < -0.39 is 6.04 Å². The van der Waals surface area contributed by atoms with Crippen LogP contribution >= 0.6 is 0 Å². The van der Waals surface area contributed by atoms with Gasteiger partial charge in [0, 0.05) is 17.3 Å². The molecule has 17 heavy (non-hydrogen) atoms. The number of halogens is 1. The quantitative estimate of drug-likeness (QED) is 0.738. The van der Waals surface area contributed by atoms with Gasteiger partial charge in [-0.05, 0) is 24.6 Å². The van der Waals surface area contributed by atoms with Crippen molar-refractivity contribution in [3.8, 4) is 0 Å². The molecule has 2 atom stereocenters. The van der Waals surface area contributed by atoms with Crippen LogP contribution in [0.2, 0.25) is 0 Å². The second-order valence-electron chi connectivity index (χ2n) is 4.11. The average Bonchev–Trinajstić information content (AvgIpc) is 2.62. The van der Waals surface area contributed by atoms with Crippen molar-refractivity contribution in [1.82, 2.24) is 5.32 Å². The van der Waals surface area contributed by atoms with E-state index in [1.54, 1.807) is 6.07 Å². The van der Waals surface area contributed by atoms with Crippen molar-refractivity contribution in [2.24, 2.45) is 0 Å². The van der Waals surface area contributed by atoms with Gasteiger partial charge in [-0.2, -0.15) is 0 Å². The molecule has 1 aromatic rings. The third kappa shape index (κ3) is 2.30. The molecule has 1 aromatic carbocycles. The Hall–Kier alpha value is -1.46. The summed E-state index contributed by atoms with van der Waals surface area (Å²) in [5.41, 5.74) is 1.23. The standard InChI is InChI=1S/C12H15FN2O2/c1-2-8(6-16)14-11-9-5-7(13)3-4-10(9)15-12(11)17/h3-5,8,11,14,16H,2,6H2,1H3,(H,15,17). The van der Waals surface area contributed by atoms with E-state index in [1.165, 1.54) is 12.1 Å². The summed E-state index contributed by atoms with van der Waals surface area (Å²) in [4.78, 5) is 11.7. The predicted molar refractivity (Wildman–Crippen MR) is 62.1 cm³/mol. The number of carbonyl (C=O) groups is 1. The lowest BCUT2D eigenvalue weighted by Gasteiger charge is -2.18. The molecule has 1 amide bonds. The number of nitrogens with one attached hydrogen (secondary N) is 2. The molecular weight excluding hydrogens is 223 g/mol. The summed E-state index contributed by atoms with van der Waals surface area (Å²) in [7, 11) is 0. The molecule has 5 heteroatoms. The second kappa shape index (κ2) is 4.81. The largest absolute Gasteiger partial charge is 0.395 e. The van der Waals surface area contributed by atoms with Gasteiger partial charge < -0.3 is 10.4 Å². The van der Waals surface area contributed by atoms with Crippen LogP contribution in [0.15, 0.2) is 18.2 Å². The molecule has 2 rings (SSSR count). The molecule has 1 aliphatic heterocycles. The van der Waals surface area contributed by atoms with Crippen molar-refractivity contribution in [3.05, 3.63) is 29.6 Å². The number of rotatable bonds is 4. The monoisotopic (exact) mass is 238 g/mol. The van der Waals surface area contributed by atoms with E-state index in [2.05, 4.69) is 10.6 Å². The Labute approximate surface area is 98.8 Å². The van der Waals surface area contributed by atoms with Gasteiger partial charge in [-0.25, -0.2) is 4.39 Å². The summed E-state index contributed by atoms with van der Waals surface area (Å²) in [6.07, 6.45) is 0.699. The maximum absolute atomic E-state index is 13.1. The first-order valence-electron chi connectivity index (χ1n) is 5.63. The van der Waals surface area contributed by atoms with Gasteiger partial charge in [-0.1, -0.05) is 6.92 Å². The Kier molecular flexibility index (Phi) is 3.40. The molecule has 4 nitrogen and oxygen atoms in total. The molecule has 3 N–H and O–H groups in total. The average molecular weight is 238 g/mol. The Morgan fingerprint density at radius 1 is 1.59 bits per heavy atom. The number of benzene rings is 1. The Bertz CT molecular complexity index is 433. The SMILES string of the molecule is CCC(CO)NC1C(=O)Nc2ccc(F)cc21. The minimum Gasteiger partial charge on any atom is -0.395 e. The zero-order chi connectivity index (χ0) is 12.4. The van der Waals surface area contributed by atoms with Crippen molar-refractivity contribution >= 4 is 11.6 Å². The molecule has 0 radical (unpaired) electrons. The number of anilines is 1. The van der Waals surface area contributed by atoms with Crippen LogP contribution in [0.3, 0.4) is 0 Å². The van der Waals surface area contributed by atoms with Crippen molar-refractivity contribution < 1.29 is 14.3 Å². The Morgan fingerprint density at radius 3 is 3.00 bits per heavy atom. The summed E-state index contributed by atoms with van der Waals surface area (Å²) >= 11 is 0. The first-order chi connectivity index (χ1) is 8.15. The molecule has 0 spiro atoms. The van der Waals surface area contributed by atoms with Gasteiger partial charge in [0.15, 0.2) is 0 Å². The van der Waals surface area contributed by atoms with Crippen LogP contribution in [0, 0.1) is 5.82 Å². The maximum Gasteiger partial charge on any atom is 0.246 e. The molecule has 1 aliphatic rings. The highest BCUT2D eigenvalue weighted by atomic mass is 19.1. The summed E-state index contributed by atoms with van der Waals surface area (Å²) < 4.78 is 13.1. The molecule has 2 unspecified atom stereocenters. The summed E-state index contributed by atoms with van der Waals surface area (Å²) in [5.74, 6) is -0.582. The highest BCUT2D eigenvalue weighted by Crippen LogP contribution is 2.31. The molecule has 0 saturated carbocycles. The van der Waals surface area contributed by atoms with E-state index in [9.17, 15) is 9.18 Å². The fourth-order valence-electron chi connectivity index (χ4n) is 1.93. The highest BCUT2D eigenvalue weighted by Gasteiger charge is 2.31. The highest BCUT2D eigenvalue weighted by molar-refractivity contribution is 6.02. The molecule has 0 bridgehead atoms. The molecule has 0 saturated heterocycles. The normalized spacial score (nSPS) is 19.9. The molecular formula is C12H15FN2O2. The lowest BCUT2D eigenvalue weighted by Crippen LogP contribution is -2.38. The molecule has 0 fully saturated rings. The van der Waals surface area contributed by atoms with Crippen LogP contribution in [-0.4, -0.2) is 23.7 Å². The number of aliphatic hydroxyl groups is 1. The summed E-state index contributed by atoms with van der Waals surface area (Å²) in [5, 5.41) is 14.8. The Morgan fingerprint density at radius 2 is 2.35 bits per heavy atom. The lowest BCUT2D eigenvalue weighted by molar-refractivity contribution is -0.117. The van der Waals surface area contributed by atoms with Crippen molar-refractivity contribution in [2.75, 3.05) is 11.9 Å². The number of hydrogen-bond donors (Lipinski definition) is 3. The number of aliphatic hydroxyl groups excluding tert-OH is 1. The van der Waals surface area contributed by atoms with Crippen molar-refractivity contribution in [2.45, 2.75) is 25.4 Å². The maximum atomic E-state index is 13.1.